The van der Waals surface area contributed by atoms with Crippen molar-refractivity contribution in [1.82, 2.24) is 9.97 Å². The summed E-state index contributed by atoms with van der Waals surface area (Å²) in [4.78, 5) is 21.4. The highest BCUT2D eigenvalue weighted by molar-refractivity contribution is 5.87. The molecule has 0 unspecified atom stereocenters. The summed E-state index contributed by atoms with van der Waals surface area (Å²) in [5.41, 5.74) is 0.975. The quantitative estimate of drug-likeness (QED) is 0.483. The molecule has 3 heterocycles. The zero-order chi connectivity index (χ0) is 25.5. The van der Waals surface area contributed by atoms with Crippen molar-refractivity contribution in [2.75, 3.05) is 5.32 Å². The average Bonchev–Trinajstić information content (AvgIpc) is 3.45. The molecule has 3 aromatic rings. The van der Waals surface area contributed by atoms with Gasteiger partial charge in [-0.3, -0.25) is 4.98 Å². The first-order chi connectivity index (χ1) is 17.2. The normalized spacial score (nSPS) is 28.9. The molecule has 1 N–H and O–H groups in total. The van der Waals surface area contributed by atoms with Gasteiger partial charge in [0.1, 0.15) is 12.4 Å². The number of ether oxygens (including phenoxy) is 1. The molecule has 7 nitrogen and oxygen atoms in total. The topological polar surface area (TPSA) is 101 Å². The Hall–Kier alpha value is -4.06. The van der Waals surface area contributed by atoms with Crippen LogP contribution in [0.1, 0.15) is 31.5 Å². The van der Waals surface area contributed by atoms with E-state index in [9.17, 15) is 10.1 Å². The SMILES string of the molecule is C[C@H]1OC(=O)[C@]2(Nc3ncco3)CC(F)(F)[C@@H](C)[C@H](/C=C/c3ccc(-c4ccccc4C#N)cn3)[C@H]12. The number of hydrogen-bond acceptors (Lipinski definition) is 7. The Morgan fingerprint density at radius 2 is 2.00 bits per heavy atom. The molecular formula is C27H24F2N4O3. The van der Waals surface area contributed by atoms with Crippen molar-refractivity contribution in [2.45, 2.75) is 37.8 Å². The first kappa shape index (κ1) is 23.7. The minimum absolute atomic E-state index is 0.00552. The molecule has 36 heavy (non-hydrogen) atoms. The second kappa shape index (κ2) is 8.86. The Balaban J connectivity index is 1.47. The predicted molar refractivity (Wildman–Crippen MR) is 128 cm³/mol. The predicted octanol–water partition coefficient (Wildman–Crippen LogP) is 5.33. The second-order valence-corrected chi connectivity index (χ2v) is 9.36. The Bertz CT molecular complexity index is 1330. The lowest BCUT2D eigenvalue weighted by atomic mass is 9.60. The van der Waals surface area contributed by atoms with Crippen LogP contribution in [0.4, 0.5) is 14.8 Å². The number of nitriles is 1. The number of oxazole rings is 1. The number of pyridine rings is 1. The summed E-state index contributed by atoms with van der Waals surface area (Å²) in [6.07, 6.45) is 6.41. The number of rotatable bonds is 5. The van der Waals surface area contributed by atoms with Gasteiger partial charge in [-0.1, -0.05) is 37.3 Å². The third-order valence-electron chi connectivity index (χ3n) is 7.30. The highest BCUT2D eigenvalue weighted by atomic mass is 19.3. The molecule has 1 aromatic carbocycles. The Kier molecular flexibility index (Phi) is 5.83. The van der Waals surface area contributed by atoms with Crippen LogP contribution in [0, 0.1) is 29.1 Å². The van der Waals surface area contributed by atoms with Crippen LogP contribution in [0.25, 0.3) is 17.2 Å². The molecule has 184 valence electrons. The summed E-state index contributed by atoms with van der Waals surface area (Å²) < 4.78 is 41.4. The van der Waals surface area contributed by atoms with Gasteiger partial charge in [-0.05, 0) is 31.1 Å². The van der Waals surface area contributed by atoms with E-state index in [-0.39, 0.29) is 6.01 Å². The molecule has 2 fully saturated rings. The van der Waals surface area contributed by atoms with Crippen molar-refractivity contribution in [3.05, 3.63) is 72.4 Å². The summed E-state index contributed by atoms with van der Waals surface area (Å²) in [7, 11) is 0. The van der Waals surface area contributed by atoms with Gasteiger partial charge in [0.05, 0.1) is 23.5 Å². The van der Waals surface area contributed by atoms with Crippen LogP contribution < -0.4 is 5.32 Å². The minimum Gasteiger partial charge on any atom is -0.460 e. The molecule has 5 atom stereocenters. The van der Waals surface area contributed by atoms with Crippen LogP contribution in [0.3, 0.4) is 0 Å². The second-order valence-electron chi connectivity index (χ2n) is 9.36. The number of cyclic esters (lactones) is 1. The number of fused-ring (bicyclic) bond motifs is 1. The fourth-order valence-electron chi connectivity index (χ4n) is 5.49. The smallest absolute Gasteiger partial charge is 0.332 e. The standard InChI is InChI=1S/C27H24F2N4O3/c1-16-21(10-9-20-8-7-19(14-32-20)22-6-4-3-5-18(22)13-30)23-17(2)36-24(34)26(23,15-27(16,28)29)33-25-31-11-12-35-25/h3-12,14,16-17,21,23H,15H2,1-2H3,(H,31,33)/b10-9+/t16-,17+,21-,23-,26-/m0/s1. The van der Waals surface area contributed by atoms with Gasteiger partial charge in [-0.2, -0.15) is 5.26 Å². The van der Waals surface area contributed by atoms with E-state index in [1.165, 1.54) is 19.4 Å². The summed E-state index contributed by atoms with van der Waals surface area (Å²) in [6.45, 7) is 3.22. The number of allylic oxidation sites excluding steroid dienone is 1. The zero-order valence-corrected chi connectivity index (χ0v) is 19.7. The first-order valence-electron chi connectivity index (χ1n) is 11.7. The van der Waals surface area contributed by atoms with E-state index in [2.05, 4.69) is 21.4 Å². The maximum atomic E-state index is 15.3. The van der Waals surface area contributed by atoms with Crippen LogP contribution in [-0.4, -0.2) is 33.5 Å². The van der Waals surface area contributed by atoms with Gasteiger partial charge in [0, 0.05) is 35.6 Å². The lowest BCUT2D eigenvalue weighted by molar-refractivity contribution is -0.153. The van der Waals surface area contributed by atoms with Crippen molar-refractivity contribution in [1.29, 1.82) is 5.26 Å². The van der Waals surface area contributed by atoms with Crippen LogP contribution in [0.15, 0.2) is 65.5 Å². The minimum atomic E-state index is -3.15. The summed E-state index contributed by atoms with van der Waals surface area (Å²) in [5.74, 6) is -6.20. The number of aromatic nitrogens is 2. The fraction of sp³-hybridized carbons (Fsp3) is 0.333. The number of esters is 1. The molecule has 0 radical (unpaired) electrons. The van der Waals surface area contributed by atoms with E-state index in [0.717, 1.165) is 11.1 Å². The highest BCUT2D eigenvalue weighted by Crippen LogP contribution is 2.56. The third-order valence-corrected chi connectivity index (χ3v) is 7.30. The molecule has 2 aliphatic rings. The molecule has 1 aliphatic heterocycles. The number of alkyl halides is 2. The number of hydrogen-bond donors (Lipinski definition) is 1. The van der Waals surface area contributed by atoms with E-state index >= 15 is 8.78 Å². The maximum absolute atomic E-state index is 15.3. The first-order valence-corrected chi connectivity index (χ1v) is 11.7. The van der Waals surface area contributed by atoms with Gasteiger partial charge in [0.25, 0.3) is 11.9 Å². The van der Waals surface area contributed by atoms with Crippen LogP contribution in [0.2, 0.25) is 0 Å². The van der Waals surface area contributed by atoms with E-state index in [4.69, 9.17) is 9.15 Å². The number of halogens is 2. The van der Waals surface area contributed by atoms with Crippen LogP contribution >= 0.6 is 0 Å². The number of carbonyl (C=O) groups is 1. The molecule has 0 amide bonds. The summed E-state index contributed by atoms with van der Waals surface area (Å²) in [5, 5.41) is 12.2. The van der Waals surface area contributed by atoms with E-state index < -0.39 is 47.7 Å². The van der Waals surface area contributed by atoms with Gasteiger partial charge in [0.2, 0.25) is 0 Å². The van der Waals surface area contributed by atoms with Gasteiger partial charge in [-0.15, -0.1) is 0 Å². The Morgan fingerprint density at radius 3 is 2.69 bits per heavy atom. The molecule has 9 heteroatoms. The highest BCUT2D eigenvalue weighted by Gasteiger charge is 2.68. The zero-order valence-electron chi connectivity index (χ0n) is 19.7. The molecule has 1 saturated heterocycles. The number of nitrogens with zero attached hydrogens (tertiary/aromatic N) is 3. The number of benzene rings is 1. The molecular weight excluding hydrogens is 466 g/mol. The lowest BCUT2D eigenvalue weighted by Crippen LogP contribution is -2.61. The van der Waals surface area contributed by atoms with Crippen LogP contribution in [0.5, 0.6) is 0 Å². The Morgan fingerprint density at radius 1 is 1.19 bits per heavy atom. The maximum Gasteiger partial charge on any atom is 0.332 e. The molecule has 5 rings (SSSR count). The van der Waals surface area contributed by atoms with E-state index in [1.54, 1.807) is 43.5 Å². The van der Waals surface area contributed by atoms with Crippen LogP contribution in [-0.2, 0) is 9.53 Å². The van der Waals surface area contributed by atoms with Crippen molar-refractivity contribution in [2.24, 2.45) is 17.8 Å². The van der Waals surface area contributed by atoms with E-state index in [1.807, 2.05) is 18.2 Å². The Labute approximate surface area is 206 Å². The van der Waals surface area contributed by atoms with Crippen molar-refractivity contribution < 1.29 is 22.7 Å². The molecule has 1 aliphatic carbocycles. The molecule has 0 bridgehead atoms. The summed E-state index contributed by atoms with van der Waals surface area (Å²) in [6, 6.07) is 13.0. The van der Waals surface area contributed by atoms with Crippen molar-refractivity contribution in [3.63, 3.8) is 0 Å². The van der Waals surface area contributed by atoms with Crippen molar-refractivity contribution >= 4 is 18.1 Å². The number of anilines is 1. The average molecular weight is 491 g/mol. The number of carbonyl (C=O) groups excluding carboxylic acids is 1. The monoisotopic (exact) mass is 490 g/mol. The molecule has 1 saturated carbocycles. The lowest BCUT2D eigenvalue weighted by Gasteiger charge is -2.47. The van der Waals surface area contributed by atoms with Gasteiger partial charge < -0.3 is 14.5 Å². The van der Waals surface area contributed by atoms with Gasteiger partial charge >= 0.3 is 5.97 Å². The molecule has 2 aromatic heterocycles. The van der Waals surface area contributed by atoms with Crippen molar-refractivity contribution in [3.8, 4) is 17.2 Å². The van der Waals surface area contributed by atoms with Gasteiger partial charge in [-0.25, -0.2) is 18.6 Å². The third kappa shape index (κ3) is 3.92. The largest absolute Gasteiger partial charge is 0.460 e. The van der Waals surface area contributed by atoms with E-state index in [0.29, 0.717) is 11.3 Å². The molecule has 0 spiro atoms. The number of nitrogens with one attached hydrogen (secondary N) is 1. The van der Waals surface area contributed by atoms with Gasteiger partial charge in [0.15, 0.2) is 5.54 Å². The fourth-order valence-corrected chi connectivity index (χ4v) is 5.49. The summed E-state index contributed by atoms with van der Waals surface area (Å²) >= 11 is 0.